The summed E-state index contributed by atoms with van der Waals surface area (Å²) in [6.07, 6.45) is 1.64. The average Bonchev–Trinajstić information content (AvgIpc) is 2.86. The van der Waals surface area contributed by atoms with Crippen LogP contribution in [0.4, 0.5) is 0 Å². The Morgan fingerprint density at radius 1 is 1.53 bits per heavy atom. The number of nitrogens with zero attached hydrogens (tertiary/aromatic N) is 1. The minimum Gasteiger partial charge on any atom is -0.365 e. The highest BCUT2D eigenvalue weighted by atomic mass is 16.5. The molecular weight excluding hydrogens is 246 g/mol. The molecule has 2 amide bonds. The van der Waals surface area contributed by atoms with E-state index in [1.165, 1.54) is 0 Å². The molecule has 2 aliphatic heterocycles. The molecule has 2 atom stereocenters. The lowest BCUT2D eigenvalue weighted by molar-refractivity contribution is -0.157. The van der Waals surface area contributed by atoms with E-state index in [2.05, 4.69) is 10.6 Å². The fraction of sp³-hybridized carbons (Fsp3) is 0.846. The number of amides is 2. The number of hydrogen-bond donors (Lipinski definition) is 2. The molecule has 0 spiro atoms. The predicted molar refractivity (Wildman–Crippen MR) is 70.6 cm³/mol. The Bertz CT molecular complexity index is 353. The Labute approximate surface area is 113 Å². The fourth-order valence-electron chi connectivity index (χ4n) is 2.73. The van der Waals surface area contributed by atoms with Crippen molar-refractivity contribution >= 4 is 11.8 Å². The first kappa shape index (κ1) is 14.3. The summed E-state index contributed by atoms with van der Waals surface area (Å²) in [4.78, 5) is 26.4. The van der Waals surface area contributed by atoms with Crippen LogP contribution >= 0.6 is 0 Å². The number of piperazine rings is 1. The normalized spacial score (nSPS) is 31.3. The molecule has 0 aromatic rings. The van der Waals surface area contributed by atoms with Crippen molar-refractivity contribution in [2.75, 3.05) is 32.8 Å². The molecule has 108 valence electrons. The van der Waals surface area contributed by atoms with Crippen molar-refractivity contribution in [3.8, 4) is 0 Å². The van der Waals surface area contributed by atoms with Gasteiger partial charge in [0.05, 0.1) is 0 Å². The van der Waals surface area contributed by atoms with Gasteiger partial charge in [0.25, 0.3) is 5.91 Å². The molecule has 2 unspecified atom stereocenters. The first-order chi connectivity index (χ1) is 9.08. The van der Waals surface area contributed by atoms with E-state index in [0.717, 1.165) is 19.4 Å². The van der Waals surface area contributed by atoms with Gasteiger partial charge in [-0.25, -0.2) is 0 Å². The summed E-state index contributed by atoms with van der Waals surface area (Å²) >= 11 is 0. The topological polar surface area (TPSA) is 70.7 Å². The Morgan fingerprint density at radius 3 is 2.95 bits per heavy atom. The highest BCUT2D eigenvalue weighted by molar-refractivity contribution is 5.91. The van der Waals surface area contributed by atoms with Gasteiger partial charge >= 0.3 is 0 Å². The second-order valence-corrected chi connectivity index (χ2v) is 5.30. The molecule has 6 heteroatoms. The van der Waals surface area contributed by atoms with Crippen LogP contribution in [0.5, 0.6) is 0 Å². The zero-order valence-corrected chi connectivity index (χ0v) is 11.7. The SMILES string of the molecule is CCNC(=O)C1CNCCN1C(=O)C1(C)CCCO1. The molecule has 19 heavy (non-hydrogen) atoms. The van der Waals surface area contributed by atoms with Gasteiger partial charge in [-0.15, -0.1) is 0 Å². The van der Waals surface area contributed by atoms with Crippen LogP contribution in [0.2, 0.25) is 0 Å². The average molecular weight is 269 g/mol. The number of carbonyl (C=O) groups is 2. The minimum absolute atomic E-state index is 0.0530. The van der Waals surface area contributed by atoms with E-state index in [1.807, 2.05) is 13.8 Å². The molecule has 2 aliphatic rings. The number of ether oxygens (including phenoxy) is 1. The zero-order chi connectivity index (χ0) is 13.9. The largest absolute Gasteiger partial charge is 0.365 e. The van der Waals surface area contributed by atoms with Gasteiger partial charge in [-0.1, -0.05) is 0 Å². The maximum atomic E-state index is 12.6. The molecule has 0 radical (unpaired) electrons. The van der Waals surface area contributed by atoms with Crippen LogP contribution in [0.1, 0.15) is 26.7 Å². The van der Waals surface area contributed by atoms with Crippen molar-refractivity contribution in [1.82, 2.24) is 15.5 Å². The number of rotatable bonds is 3. The highest BCUT2D eigenvalue weighted by Crippen LogP contribution is 2.28. The lowest BCUT2D eigenvalue weighted by atomic mass is 9.99. The smallest absolute Gasteiger partial charge is 0.255 e. The molecule has 2 fully saturated rings. The number of nitrogens with one attached hydrogen (secondary N) is 2. The predicted octanol–water partition coefficient (Wildman–Crippen LogP) is -0.508. The van der Waals surface area contributed by atoms with E-state index in [-0.39, 0.29) is 11.8 Å². The van der Waals surface area contributed by atoms with E-state index in [1.54, 1.807) is 4.90 Å². The summed E-state index contributed by atoms with van der Waals surface area (Å²) in [6.45, 7) is 6.69. The van der Waals surface area contributed by atoms with Gasteiger partial charge in [0, 0.05) is 32.8 Å². The van der Waals surface area contributed by atoms with Crippen LogP contribution in [0.3, 0.4) is 0 Å². The van der Waals surface area contributed by atoms with Gasteiger partial charge in [-0.3, -0.25) is 9.59 Å². The third-order valence-corrected chi connectivity index (χ3v) is 3.83. The molecule has 2 N–H and O–H groups in total. The molecule has 2 rings (SSSR count). The Balaban J connectivity index is 2.10. The van der Waals surface area contributed by atoms with Gasteiger partial charge in [0.2, 0.25) is 5.91 Å². The minimum atomic E-state index is -0.748. The Morgan fingerprint density at radius 2 is 2.32 bits per heavy atom. The van der Waals surface area contributed by atoms with Crippen molar-refractivity contribution in [2.45, 2.75) is 38.3 Å². The lowest BCUT2D eigenvalue weighted by Crippen LogP contribution is -2.63. The quantitative estimate of drug-likeness (QED) is 0.724. The molecule has 0 bridgehead atoms. The Hall–Kier alpha value is -1.14. The summed E-state index contributed by atoms with van der Waals surface area (Å²) < 4.78 is 5.60. The van der Waals surface area contributed by atoms with Crippen LogP contribution in [0, 0.1) is 0 Å². The summed E-state index contributed by atoms with van der Waals surface area (Å²) in [5.41, 5.74) is -0.748. The summed E-state index contributed by atoms with van der Waals surface area (Å²) in [6, 6.07) is -0.428. The molecule has 0 saturated carbocycles. The van der Waals surface area contributed by atoms with E-state index in [0.29, 0.717) is 26.2 Å². The number of carbonyl (C=O) groups excluding carboxylic acids is 2. The van der Waals surface area contributed by atoms with Crippen LogP contribution in [0.15, 0.2) is 0 Å². The van der Waals surface area contributed by atoms with E-state index >= 15 is 0 Å². The second-order valence-electron chi connectivity index (χ2n) is 5.30. The second kappa shape index (κ2) is 5.88. The van der Waals surface area contributed by atoms with Crippen LogP contribution in [0.25, 0.3) is 0 Å². The first-order valence-corrected chi connectivity index (χ1v) is 7.02. The molecule has 0 aromatic carbocycles. The third kappa shape index (κ3) is 2.90. The van der Waals surface area contributed by atoms with Crippen molar-refractivity contribution in [3.63, 3.8) is 0 Å². The van der Waals surface area contributed by atoms with Gasteiger partial charge in [0.15, 0.2) is 0 Å². The zero-order valence-electron chi connectivity index (χ0n) is 11.7. The van der Waals surface area contributed by atoms with E-state index < -0.39 is 11.6 Å². The molecule has 2 heterocycles. The van der Waals surface area contributed by atoms with Crippen molar-refractivity contribution in [1.29, 1.82) is 0 Å². The van der Waals surface area contributed by atoms with Crippen LogP contribution in [-0.2, 0) is 14.3 Å². The third-order valence-electron chi connectivity index (χ3n) is 3.83. The van der Waals surface area contributed by atoms with Gasteiger partial charge in [-0.2, -0.15) is 0 Å². The van der Waals surface area contributed by atoms with Gasteiger partial charge in [0.1, 0.15) is 11.6 Å². The lowest BCUT2D eigenvalue weighted by Gasteiger charge is -2.39. The van der Waals surface area contributed by atoms with E-state index in [4.69, 9.17) is 4.74 Å². The first-order valence-electron chi connectivity index (χ1n) is 7.02. The number of likely N-dealkylation sites (N-methyl/N-ethyl adjacent to an activating group) is 1. The van der Waals surface area contributed by atoms with E-state index in [9.17, 15) is 9.59 Å². The summed E-state index contributed by atoms with van der Waals surface area (Å²) in [7, 11) is 0. The van der Waals surface area contributed by atoms with Gasteiger partial charge in [-0.05, 0) is 26.7 Å². The molecule has 6 nitrogen and oxygen atoms in total. The fourth-order valence-corrected chi connectivity index (χ4v) is 2.73. The van der Waals surface area contributed by atoms with Crippen molar-refractivity contribution in [2.24, 2.45) is 0 Å². The summed E-state index contributed by atoms with van der Waals surface area (Å²) in [5.74, 6) is -0.146. The molecule has 0 aliphatic carbocycles. The molecular formula is C13H23N3O3. The molecule has 2 saturated heterocycles. The number of hydrogen-bond acceptors (Lipinski definition) is 4. The van der Waals surface area contributed by atoms with Crippen molar-refractivity contribution < 1.29 is 14.3 Å². The molecule has 0 aromatic heterocycles. The van der Waals surface area contributed by atoms with Crippen LogP contribution < -0.4 is 10.6 Å². The maximum Gasteiger partial charge on any atom is 0.255 e. The van der Waals surface area contributed by atoms with Crippen molar-refractivity contribution in [3.05, 3.63) is 0 Å². The maximum absolute atomic E-state index is 12.6. The standard InChI is InChI=1S/C13H23N3O3/c1-3-15-11(17)10-9-14-6-7-16(10)12(18)13(2)5-4-8-19-13/h10,14H,3-9H2,1-2H3,(H,15,17). The van der Waals surface area contributed by atoms with Crippen LogP contribution in [-0.4, -0.2) is 61.1 Å². The Kier molecular flexibility index (Phi) is 4.42. The summed E-state index contributed by atoms with van der Waals surface area (Å²) in [5, 5.41) is 5.96. The monoisotopic (exact) mass is 269 g/mol. The van der Waals surface area contributed by atoms with Gasteiger partial charge < -0.3 is 20.3 Å². The highest BCUT2D eigenvalue weighted by Gasteiger charge is 2.44.